The third-order valence-electron chi connectivity index (χ3n) is 3.05. The maximum atomic E-state index is 11.8. The molecule has 2 rings (SSSR count). The first kappa shape index (κ1) is 15.7. The Labute approximate surface area is 129 Å². The number of aryl methyl sites for hydroxylation is 1. The van der Waals surface area contributed by atoms with Crippen LogP contribution in [0, 0.1) is 11.8 Å². The Kier molecular flexibility index (Phi) is 4.81. The van der Waals surface area contributed by atoms with Crippen LogP contribution in [-0.4, -0.2) is 19.6 Å². The lowest BCUT2D eigenvalue weighted by atomic mass is 10.2. The molecule has 0 saturated carbocycles. The number of fused-ring (bicyclic) bond motifs is 1. The highest BCUT2D eigenvalue weighted by Crippen LogP contribution is 2.35. The summed E-state index contributed by atoms with van der Waals surface area (Å²) in [5.74, 6) is 6.31. The predicted molar refractivity (Wildman–Crippen MR) is 84.2 cm³/mol. The highest BCUT2D eigenvalue weighted by molar-refractivity contribution is 8.14. The fraction of sp³-hybridized carbons (Fsp3) is 0.333. The van der Waals surface area contributed by atoms with Gasteiger partial charge in [-0.1, -0.05) is 6.07 Å². The van der Waals surface area contributed by atoms with Crippen molar-refractivity contribution in [3.8, 4) is 17.6 Å². The van der Waals surface area contributed by atoms with Crippen LogP contribution in [0.4, 0.5) is 0 Å². The molecule has 0 amide bonds. The highest BCUT2D eigenvalue weighted by atomic mass is 35.7. The molecule has 0 bridgehead atoms. The molecule has 1 heterocycles. The molecule has 6 heteroatoms. The zero-order valence-electron chi connectivity index (χ0n) is 11.9. The fourth-order valence-electron chi connectivity index (χ4n) is 2.23. The molecule has 0 unspecified atom stereocenters. The Morgan fingerprint density at radius 3 is 2.76 bits per heavy atom. The van der Waals surface area contributed by atoms with Gasteiger partial charge in [-0.05, 0) is 26.0 Å². The second-order valence-corrected chi connectivity index (χ2v) is 6.92. The minimum Gasteiger partial charge on any atom is -0.493 e. The van der Waals surface area contributed by atoms with E-state index in [-0.39, 0.29) is 4.90 Å². The number of benzene rings is 1. The molecule has 1 aromatic heterocycles. The van der Waals surface area contributed by atoms with Gasteiger partial charge >= 0.3 is 0 Å². The molecule has 0 radical (unpaired) electrons. The van der Waals surface area contributed by atoms with E-state index in [2.05, 4.69) is 11.8 Å². The van der Waals surface area contributed by atoms with Crippen molar-refractivity contribution in [2.45, 2.75) is 31.7 Å². The van der Waals surface area contributed by atoms with Crippen molar-refractivity contribution < 1.29 is 13.2 Å². The van der Waals surface area contributed by atoms with Crippen molar-refractivity contribution in [2.75, 3.05) is 6.61 Å². The van der Waals surface area contributed by atoms with Crippen LogP contribution in [0.15, 0.2) is 29.3 Å². The van der Waals surface area contributed by atoms with Gasteiger partial charge in [-0.25, -0.2) is 8.42 Å². The van der Waals surface area contributed by atoms with Crippen molar-refractivity contribution in [3.63, 3.8) is 0 Å². The van der Waals surface area contributed by atoms with Crippen molar-refractivity contribution in [3.05, 3.63) is 24.4 Å². The summed E-state index contributed by atoms with van der Waals surface area (Å²) in [5, 5.41) is 0.527. The summed E-state index contributed by atoms with van der Waals surface area (Å²) >= 11 is 0. The number of aromatic nitrogens is 1. The second kappa shape index (κ2) is 6.42. The Bertz CT molecular complexity index is 813. The molecule has 1 aromatic carbocycles. The van der Waals surface area contributed by atoms with Gasteiger partial charge in [0.15, 0.2) is 0 Å². The number of rotatable bonds is 5. The first-order valence-electron chi connectivity index (χ1n) is 6.58. The summed E-state index contributed by atoms with van der Waals surface area (Å²) in [7, 11) is 1.72. The second-order valence-electron chi connectivity index (χ2n) is 4.38. The molecule has 112 valence electrons. The lowest BCUT2D eigenvalue weighted by molar-refractivity contribution is 0.344. The van der Waals surface area contributed by atoms with Crippen LogP contribution < -0.4 is 4.74 Å². The van der Waals surface area contributed by atoms with Gasteiger partial charge in [0, 0.05) is 29.8 Å². The van der Waals surface area contributed by atoms with Gasteiger partial charge in [0.25, 0.3) is 9.05 Å². The van der Waals surface area contributed by atoms with Crippen LogP contribution in [-0.2, 0) is 15.6 Å². The van der Waals surface area contributed by atoms with E-state index in [1.165, 1.54) is 0 Å². The predicted octanol–water partition coefficient (Wildman–Crippen LogP) is 3.38. The van der Waals surface area contributed by atoms with E-state index in [0.29, 0.717) is 30.7 Å². The van der Waals surface area contributed by atoms with E-state index >= 15 is 0 Å². The van der Waals surface area contributed by atoms with E-state index < -0.39 is 9.05 Å². The largest absolute Gasteiger partial charge is 0.493 e. The average Bonchev–Trinajstić information content (AvgIpc) is 2.80. The average molecular weight is 326 g/mol. The van der Waals surface area contributed by atoms with Crippen LogP contribution >= 0.6 is 10.7 Å². The summed E-state index contributed by atoms with van der Waals surface area (Å²) in [5.41, 5.74) is 0.776. The van der Waals surface area contributed by atoms with E-state index in [0.717, 1.165) is 5.52 Å². The van der Waals surface area contributed by atoms with Gasteiger partial charge in [0.05, 0.1) is 17.5 Å². The third-order valence-corrected chi connectivity index (χ3v) is 4.38. The summed E-state index contributed by atoms with van der Waals surface area (Å²) in [6, 6.07) is 5.43. The molecule has 4 nitrogen and oxygen atoms in total. The quantitative estimate of drug-likeness (QED) is 0.625. The van der Waals surface area contributed by atoms with Gasteiger partial charge in [-0.2, -0.15) is 0 Å². The summed E-state index contributed by atoms with van der Waals surface area (Å²) in [6.45, 7) is 4.67. The Morgan fingerprint density at radius 2 is 2.14 bits per heavy atom. The highest BCUT2D eigenvalue weighted by Gasteiger charge is 2.21. The summed E-state index contributed by atoms with van der Waals surface area (Å²) < 4.78 is 31.0. The molecule has 0 spiro atoms. The SMILES string of the molecule is CC#CCCn1cc(S(=O)(=O)Cl)c2c(OCC)cccc21. The molecule has 0 saturated heterocycles. The van der Waals surface area contributed by atoms with Crippen LogP contribution in [0.5, 0.6) is 5.75 Å². The molecule has 0 fully saturated rings. The lowest BCUT2D eigenvalue weighted by Crippen LogP contribution is -1.95. The van der Waals surface area contributed by atoms with Crippen LogP contribution in [0.3, 0.4) is 0 Å². The third kappa shape index (κ3) is 3.34. The van der Waals surface area contributed by atoms with Gasteiger partial charge < -0.3 is 9.30 Å². The van der Waals surface area contributed by atoms with Crippen LogP contribution in [0.1, 0.15) is 20.3 Å². The maximum Gasteiger partial charge on any atom is 0.263 e. The van der Waals surface area contributed by atoms with Gasteiger partial charge in [0.2, 0.25) is 0 Å². The van der Waals surface area contributed by atoms with E-state index in [4.69, 9.17) is 15.4 Å². The number of halogens is 1. The van der Waals surface area contributed by atoms with Crippen molar-refractivity contribution in [2.24, 2.45) is 0 Å². The Hall–Kier alpha value is -1.64. The van der Waals surface area contributed by atoms with Gasteiger partial charge in [-0.3, -0.25) is 0 Å². The zero-order valence-corrected chi connectivity index (χ0v) is 13.5. The standard InChI is InChI=1S/C15H16ClNO3S/c1-3-5-6-10-17-11-14(21(16,18)19)15-12(17)8-7-9-13(15)20-4-2/h7-9,11H,4,6,10H2,1-2H3. The molecule has 0 aliphatic heterocycles. The smallest absolute Gasteiger partial charge is 0.263 e. The molecule has 0 N–H and O–H groups in total. The zero-order chi connectivity index (χ0) is 15.5. The van der Waals surface area contributed by atoms with E-state index in [1.807, 2.05) is 23.6 Å². The molecular formula is C15H16ClNO3S. The molecular weight excluding hydrogens is 310 g/mol. The van der Waals surface area contributed by atoms with Gasteiger partial charge in [-0.15, -0.1) is 11.8 Å². The summed E-state index contributed by atoms with van der Waals surface area (Å²) in [6.07, 6.45) is 2.19. The van der Waals surface area contributed by atoms with Gasteiger partial charge in [0.1, 0.15) is 10.6 Å². The maximum absolute atomic E-state index is 11.8. The summed E-state index contributed by atoms with van der Waals surface area (Å²) in [4.78, 5) is 0.0766. The molecule has 21 heavy (non-hydrogen) atoms. The fourth-order valence-corrected chi connectivity index (χ4v) is 3.28. The Balaban J connectivity index is 2.66. The van der Waals surface area contributed by atoms with E-state index in [1.54, 1.807) is 19.2 Å². The van der Waals surface area contributed by atoms with E-state index in [9.17, 15) is 8.42 Å². The normalized spacial score (nSPS) is 11.2. The number of hydrogen-bond acceptors (Lipinski definition) is 3. The van der Waals surface area contributed by atoms with Crippen molar-refractivity contribution in [1.29, 1.82) is 0 Å². The lowest BCUT2D eigenvalue weighted by Gasteiger charge is -2.07. The number of ether oxygens (including phenoxy) is 1. The molecule has 0 aliphatic rings. The Morgan fingerprint density at radius 1 is 1.38 bits per heavy atom. The number of hydrogen-bond donors (Lipinski definition) is 0. The topological polar surface area (TPSA) is 48.3 Å². The molecule has 0 atom stereocenters. The monoisotopic (exact) mass is 325 g/mol. The van der Waals surface area contributed by atoms with Crippen molar-refractivity contribution >= 4 is 30.6 Å². The minimum absolute atomic E-state index is 0.0766. The minimum atomic E-state index is -3.84. The van der Waals surface area contributed by atoms with Crippen LogP contribution in [0.25, 0.3) is 10.9 Å². The van der Waals surface area contributed by atoms with Crippen LogP contribution in [0.2, 0.25) is 0 Å². The molecule has 0 aliphatic carbocycles. The molecule has 2 aromatic rings. The number of nitrogens with zero attached hydrogens (tertiary/aromatic N) is 1. The first-order valence-corrected chi connectivity index (χ1v) is 8.89. The van der Waals surface area contributed by atoms with Crippen molar-refractivity contribution in [1.82, 2.24) is 4.57 Å². The first-order chi connectivity index (χ1) is 9.99.